The third-order valence-corrected chi connectivity index (χ3v) is 3.67. The van der Waals surface area contributed by atoms with Gasteiger partial charge in [-0.3, -0.25) is 0 Å². The topological polar surface area (TPSA) is 105 Å². The number of rotatable bonds is 3. The predicted octanol–water partition coefficient (Wildman–Crippen LogP) is 2.52. The van der Waals surface area contributed by atoms with Gasteiger partial charge in [0, 0.05) is 11.9 Å². The standard InChI is InChI=1S/C17H16N4O2/c1-17(2,10-19)12-5-4-6-13(7-12)21-9-11(8-18)14(20)15(21)16(22)23-3/h4-7,9H,20H2,1-3H3. The van der Waals surface area contributed by atoms with Crippen LogP contribution in [0.2, 0.25) is 0 Å². The van der Waals surface area contributed by atoms with Crippen LogP contribution in [0.25, 0.3) is 5.69 Å². The highest BCUT2D eigenvalue weighted by Crippen LogP contribution is 2.28. The number of anilines is 1. The second-order valence-corrected chi connectivity index (χ2v) is 5.57. The maximum Gasteiger partial charge on any atom is 0.357 e. The summed E-state index contributed by atoms with van der Waals surface area (Å²) < 4.78 is 6.26. The first-order valence-electron chi connectivity index (χ1n) is 6.87. The number of ether oxygens (including phenoxy) is 1. The molecule has 6 nitrogen and oxygen atoms in total. The van der Waals surface area contributed by atoms with Gasteiger partial charge in [0.25, 0.3) is 0 Å². The molecular formula is C17H16N4O2. The first kappa shape index (κ1) is 16.1. The average molecular weight is 308 g/mol. The van der Waals surface area contributed by atoms with Gasteiger partial charge in [0.15, 0.2) is 5.69 Å². The van der Waals surface area contributed by atoms with Gasteiger partial charge >= 0.3 is 5.97 Å². The molecule has 1 aromatic carbocycles. The van der Waals surface area contributed by atoms with Gasteiger partial charge in [-0.25, -0.2) is 4.79 Å². The molecule has 23 heavy (non-hydrogen) atoms. The Kier molecular flexibility index (Phi) is 4.11. The van der Waals surface area contributed by atoms with Gasteiger partial charge in [0.2, 0.25) is 0 Å². The van der Waals surface area contributed by atoms with Crippen LogP contribution in [0.1, 0.15) is 35.5 Å². The molecule has 0 saturated carbocycles. The molecule has 2 rings (SSSR count). The maximum atomic E-state index is 12.0. The van der Waals surface area contributed by atoms with Crippen LogP contribution in [0.15, 0.2) is 30.5 Å². The van der Waals surface area contributed by atoms with Crippen molar-refractivity contribution in [1.82, 2.24) is 4.57 Å². The van der Waals surface area contributed by atoms with Crippen molar-refractivity contribution >= 4 is 11.7 Å². The number of esters is 1. The fourth-order valence-corrected chi connectivity index (χ4v) is 2.23. The molecule has 2 aromatic rings. The molecule has 0 atom stereocenters. The lowest BCUT2D eigenvalue weighted by Gasteiger charge is -2.17. The Morgan fingerprint density at radius 3 is 2.61 bits per heavy atom. The average Bonchev–Trinajstić information content (AvgIpc) is 2.90. The van der Waals surface area contributed by atoms with Gasteiger partial charge in [-0.1, -0.05) is 12.1 Å². The molecule has 0 fully saturated rings. The fourth-order valence-electron chi connectivity index (χ4n) is 2.23. The molecule has 1 heterocycles. The van der Waals surface area contributed by atoms with Crippen LogP contribution in [-0.2, 0) is 10.2 Å². The molecular weight excluding hydrogens is 292 g/mol. The van der Waals surface area contributed by atoms with E-state index >= 15 is 0 Å². The molecule has 0 spiro atoms. The van der Waals surface area contributed by atoms with Crippen LogP contribution < -0.4 is 5.73 Å². The minimum atomic E-state index is -0.682. The number of aromatic nitrogens is 1. The van der Waals surface area contributed by atoms with E-state index in [1.807, 2.05) is 12.1 Å². The lowest BCUT2D eigenvalue weighted by molar-refractivity contribution is 0.0593. The van der Waals surface area contributed by atoms with Gasteiger partial charge in [-0.2, -0.15) is 10.5 Å². The van der Waals surface area contributed by atoms with Crippen LogP contribution in [0, 0.1) is 22.7 Å². The van der Waals surface area contributed by atoms with E-state index in [9.17, 15) is 10.1 Å². The number of nitriles is 2. The summed E-state index contributed by atoms with van der Waals surface area (Å²) in [5, 5.41) is 18.4. The zero-order valence-electron chi connectivity index (χ0n) is 13.1. The third-order valence-electron chi connectivity index (χ3n) is 3.67. The molecule has 0 aliphatic carbocycles. The number of carbonyl (C=O) groups excluding carboxylic acids is 1. The minimum Gasteiger partial charge on any atom is -0.464 e. The van der Waals surface area contributed by atoms with E-state index in [0.717, 1.165) is 5.56 Å². The van der Waals surface area contributed by atoms with Crippen molar-refractivity contribution in [1.29, 1.82) is 10.5 Å². The van der Waals surface area contributed by atoms with E-state index in [1.165, 1.54) is 17.9 Å². The Bertz CT molecular complexity index is 850. The molecule has 0 aliphatic rings. The van der Waals surface area contributed by atoms with Gasteiger partial charge in [0.1, 0.15) is 6.07 Å². The summed E-state index contributed by atoms with van der Waals surface area (Å²) in [6.07, 6.45) is 1.49. The Morgan fingerprint density at radius 2 is 2.04 bits per heavy atom. The number of hydrogen-bond acceptors (Lipinski definition) is 5. The molecule has 1 aromatic heterocycles. The summed E-state index contributed by atoms with van der Waals surface area (Å²) in [5.41, 5.74) is 6.97. The van der Waals surface area contributed by atoms with Crippen molar-refractivity contribution < 1.29 is 9.53 Å². The first-order valence-corrected chi connectivity index (χ1v) is 6.87. The van der Waals surface area contributed by atoms with Crippen LogP contribution in [-0.4, -0.2) is 17.6 Å². The predicted molar refractivity (Wildman–Crippen MR) is 84.9 cm³/mol. The van der Waals surface area contributed by atoms with Crippen LogP contribution in [0.5, 0.6) is 0 Å². The highest BCUT2D eigenvalue weighted by Gasteiger charge is 2.24. The van der Waals surface area contributed by atoms with Crippen molar-refractivity contribution in [2.45, 2.75) is 19.3 Å². The Hall–Kier alpha value is -3.25. The second-order valence-electron chi connectivity index (χ2n) is 5.57. The molecule has 116 valence electrons. The molecule has 0 amide bonds. The zero-order valence-corrected chi connectivity index (χ0v) is 13.1. The summed E-state index contributed by atoms with van der Waals surface area (Å²) in [7, 11) is 1.25. The van der Waals surface area contributed by atoms with E-state index in [2.05, 4.69) is 6.07 Å². The zero-order chi connectivity index (χ0) is 17.2. The van der Waals surface area contributed by atoms with E-state index < -0.39 is 11.4 Å². The van der Waals surface area contributed by atoms with Crippen molar-refractivity contribution in [2.24, 2.45) is 0 Å². The van der Waals surface area contributed by atoms with Crippen molar-refractivity contribution in [3.8, 4) is 17.8 Å². The highest BCUT2D eigenvalue weighted by atomic mass is 16.5. The second kappa shape index (κ2) is 5.86. The first-order chi connectivity index (χ1) is 10.9. The van der Waals surface area contributed by atoms with Crippen molar-refractivity contribution in [3.63, 3.8) is 0 Å². The monoisotopic (exact) mass is 308 g/mol. The highest BCUT2D eigenvalue weighted by molar-refractivity contribution is 5.95. The number of nitrogens with zero attached hydrogens (tertiary/aromatic N) is 3. The largest absolute Gasteiger partial charge is 0.464 e. The Morgan fingerprint density at radius 1 is 1.35 bits per heavy atom. The van der Waals surface area contributed by atoms with E-state index in [4.69, 9.17) is 15.7 Å². The summed E-state index contributed by atoms with van der Waals surface area (Å²) in [5.74, 6) is -0.631. The van der Waals surface area contributed by atoms with Crippen LogP contribution in [0.3, 0.4) is 0 Å². The van der Waals surface area contributed by atoms with Gasteiger partial charge in [0.05, 0.1) is 29.8 Å². The van der Waals surface area contributed by atoms with E-state index in [1.54, 1.807) is 32.0 Å². The summed E-state index contributed by atoms with van der Waals surface area (Å²) in [6, 6.07) is 11.4. The van der Waals surface area contributed by atoms with Gasteiger partial charge < -0.3 is 15.0 Å². The molecule has 6 heteroatoms. The molecule has 0 bridgehead atoms. The summed E-state index contributed by atoms with van der Waals surface area (Å²) in [4.78, 5) is 12.0. The number of hydrogen-bond donors (Lipinski definition) is 1. The van der Waals surface area contributed by atoms with Crippen LogP contribution in [0.4, 0.5) is 5.69 Å². The molecule has 0 saturated heterocycles. The number of carbonyl (C=O) groups is 1. The number of benzene rings is 1. The molecule has 0 radical (unpaired) electrons. The van der Waals surface area contributed by atoms with E-state index in [0.29, 0.717) is 5.69 Å². The minimum absolute atomic E-state index is 0.0734. The van der Waals surface area contributed by atoms with Crippen LogP contribution >= 0.6 is 0 Å². The lowest BCUT2D eigenvalue weighted by atomic mass is 9.86. The summed E-state index contributed by atoms with van der Waals surface area (Å²) >= 11 is 0. The third kappa shape index (κ3) is 2.75. The molecule has 2 N–H and O–H groups in total. The maximum absolute atomic E-state index is 12.0. The SMILES string of the molecule is COC(=O)c1c(N)c(C#N)cn1-c1cccc(C(C)(C)C#N)c1. The van der Waals surface area contributed by atoms with E-state index in [-0.39, 0.29) is 16.9 Å². The quantitative estimate of drug-likeness (QED) is 0.877. The molecule has 0 unspecified atom stereocenters. The normalized spacial score (nSPS) is 10.7. The number of methoxy groups -OCH3 is 1. The van der Waals surface area contributed by atoms with Gasteiger partial charge in [-0.05, 0) is 31.5 Å². The van der Waals surface area contributed by atoms with Crippen molar-refractivity contribution in [3.05, 3.63) is 47.3 Å². The molecule has 0 aliphatic heterocycles. The van der Waals surface area contributed by atoms with Gasteiger partial charge in [-0.15, -0.1) is 0 Å². The lowest BCUT2D eigenvalue weighted by Crippen LogP contribution is -2.15. The fraction of sp³-hybridized carbons (Fsp3) is 0.235. The summed E-state index contributed by atoms with van der Waals surface area (Å²) in [6.45, 7) is 3.61. The Labute approximate surface area is 134 Å². The Balaban J connectivity index is 2.69. The number of nitrogens with two attached hydrogens (primary N) is 1. The number of nitrogen functional groups attached to an aromatic ring is 1. The smallest absolute Gasteiger partial charge is 0.357 e. The van der Waals surface area contributed by atoms with Crippen molar-refractivity contribution in [2.75, 3.05) is 12.8 Å².